The normalized spacial score (nSPS) is 12.1. The molecule has 0 fully saturated rings. The zero-order valence-corrected chi connectivity index (χ0v) is 37.7. The molecular weight excluding hydrogens is 723 g/mol. The zero-order chi connectivity index (χ0) is 40.8. The van der Waals surface area contributed by atoms with Gasteiger partial charge in [0, 0.05) is 26.3 Å². The molecule has 4 aromatic carbocycles. The van der Waals surface area contributed by atoms with Crippen LogP contribution >= 0.6 is 0 Å². The lowest BCUT2D eigenvalue weighted by molar-refractivity contribution is 0.240. The van der Waals surface area contributed by atoms with Gasteiger partial charge in [-0.1, -0.05) is 183 Å². The van der Waals surface area contributed by atoms with Crippen LogP contribution in [0.3, 0.4) is 0 Å². The van der Waals surface area contributed by atoms with E-state index < -0.39 is 16.6 Å². The van der Waals surface area contributed by atoms with Gasteiger partial charge in [0.25, 0.3) is 16.6 Å². The maximum absolute atomic E-state index is 11.8. The summed E-state index contributed by atoms with van der Waals surface area (Å²) in [6, 6.07) is 43.1. The molecule has 4 N–H and O–H groups in total. The number of nitrogens with two attached hydrogens (primary N) is 1. The monoisotopic (exact) mass is 796 g/mol. The third-order valence-electron chi connectivity index (χ3n) is 10.5. The Bertz CT molecular complexity index is 1530. The summed E-state index contributed by atoms with van der Waals surface area (Å²) in [4.78, 5) is 11.8. The average Bonchev–Trinajstić information content (AvgIpc) is 3.20. The molecule has 56 heavy (non-hydrogen) atoms. The Balaban J connectivity index is 0.000000313. The molecule has 0 aliphatic carbocycles. The van der Waals surface area contributed by atoms with Crippen LogP contribution in [0.4, 0.5) is 4.79 Å². The maximum Gasteiger partial charge on any atom is 0.314 e. The highest BCUT2D eigenvalue weighted by molar-refractivity contribution is 7.00. The minimum absolute atomic E-state index is 0.00707. The van der Waals surface area contributed by atoms with Gasteiger partial charge in [0.05, 0.1) is 0 Å². The van der Waals surface area contributed by atoms with E-state index in [0.29, 0.717) is 6.54 Å². The van der Waals surface area contributed by atoms with Crippen molar-refractivity contribution in [1.29, 1.82) is 0 Å². The molecule has 0 saturated carbocycles. The lowest BCUT2D eigenvalue weighted by atomic mass is 10.2. The highest BCUT2D eigenvalue weighted by Gasteiger charge is 2.51. The van der Waals surface area contributed by atoms with Gasteiger partial charge in [-0.3, -0.25) is 0 Å². The van der Waals surface area contributed by atoms with Gasteiger partial charge in [-0.15, -0.1) is 0 Å². The van der Waals surface area contributed by atoms with Crippen LogP contribution in [0.15, 0.2) is 121 Å². The van der Waals surface area contributed by atoms with E-state index in [4.69, 9.17) is 14.6 Å². The van der Waals surface area contributed by atoms with Crippen LogP contribution in [0, 0.1) is 0 Å². The molecule has 6 nitrogen and oxygen atoms in total. The molecule has 0 bridgehead atoms. The largest absolute Gasteiger partial charge is 0.407 e. The first-order chi connectivity index (χ1) is 26.9. The number of hydrogen-bond acceptors (Lipinski definition) is 4. The van der Waals surface area contributed by atoms with Gasteiger partial charge in [-0.2, -0.15) is 0 Å². The number of carbonyl (C=O) groups is 1. The summed E-state index contributed by atoms with van der Waals surface area (Å²) in [6.07, 6.45) is 9.64. The van der Waals surface area contributed by atoms with Gasteiger partial charge < -0.3 is 25.2 Å². The number of amides is 2. The van der Waals surface area contributed by atoms with Gasteiger partial charge >= 0.3 is 6.03 Å². The third-order valence-corrected chi connectivity index (χ3v) is 20.6. The van der Waals surface area contributed by atoms with Crippen molar-refractivity contribution in [3.05, 3.63) is 121 Å². The van der Waals surface area contributed by atoms with Crippen LogP contribution in [-0.2, 0) is 8.85 Å². The number of urea groups is 1. The van der Waals surface area contributed by atoms with E-state index >= 15 is 0 Å². The second kappa shape index (κ2) is 24.3. The first-order valence-electron chi connectivity index (χ1n) is 21.2. The fourth-order valence-corrected chi connectivity index (χ4v) is 16.9. The van der Waals surface area contributed by atoms with E-state index in [1.54, 1.807) is 0 Å². The van der Waals surface area contributed by atoms with Crippen molar-refractivity contribution in [2.45, 2.75) is 116 Å². The molecule has 0 spiro atoms. The lowest BCUT2D eigenvalue weighted by Gasteiger charge is -2.43. The summed E-state index contributed by atoms with van der Waals surface area (Å²) in [5, 5.41) is 11.3. The Labute approximate surface area is 342 Å². The van der Waals surface area contributed by atoms with E-state index in [-0.39, 0.29) is 16.1 Å². The van der Waals surface area contributed by atoms with Crippen molar-refractivity contribution in [1.82, 2.24) is 10.6 Å². The van der Waals surface area contributed by atoms with E-state index in [1.807, 2.05) is 0 Å². The van der Waals surface area contributed by atoms with Gasteiger partial charge in [-0.25, -0.2) is 4.79 Å². The van der Waals surface area contributed by atoms with Crippen LogP contribution in [-0.4, -0.2) is 55.5 Å². The van der Waals surface area contributed by atoms with Crippen molar-refractivity contribution < 1.29 is 13.6 Å². The predicted octanol–water partition coefficient (Wildman–Crippen LogP) is 8.91. The SMILES string of the molecule is CC(C)(C)[Si](OCCCCCN)(c1ccccc1)c1ccccc1.CCCCCNC(=O)NCCCCCO[Si](c1ccccc1)(c1ccccc1)C(C)(C)C. The molecule has 0 atom stereocenters. The number of hydrogen-bond donors (Lipinski definition) is 3. The van der Waals surface area contributed by atoms with Gasteiger partial charge in [0.15, 0.2) is 0 Å². The Kier molecular flexibility index (Phi) is 20.3. The van der Waals surface area contributed by atoms with Crippen LogP contribution < -0.4 is 37.1 Å². The summed E-state index contributed by atoms with van der Waals surface area (Å²) in [5.74, 6) is 0. The number of rotatable bonds is 21. The molecule has 0 aliphatic heterocycles. The standard InChI is InChI=1S/C27H42N2O2Si.C21H31NOSi/c1-5-6-14-21-28-26(30)29-22-15-9-16-23-31-32(27(2,3)4,24-17-10-7-11-18-24)25-19-12-8-13-20-25;1-21(2,3)24(19-13-7-4-8-14-19,20-15-9-5-10-16-20)23-18-12-6-11-17-22/h7-8,10-13,17-20H,5-6,9,14-16,21-23H2,1-4H3,(H2,28,29,30);4-5,7-10,13-16H,6,11-12,17-18,22H2,1-3H3. The third kappa shape index (κ3) is 13.5. The van der Waals surface area contributed by atoms with E-state index in [1.165, 1.54) is 27.2 Å². The molecule has 4 rings (SSSR count). The van der Waals surface area contributed by atoms with Crippen molar-refractivity contribution in [3.8, 4) is 0 Å². The first-order valence-corrected chi connectivity index (χ1v) is 25.0. The second-order valence-corrected chi connectivity index (χ2v) is 25.4. The van der Waals surface area contributed by atoms with Crippen molar-refractivity contribution >= 4 is 43.4 Å². The summed E-state index contributed by atoms with van der Waals surface area (Å²) in [6.45, 7) is 19.8. The molecule has 0 heterocycles. The summed E-state index contributed by atoms with van der Waals surface area (Å²) in [7, 11) is -4.78. The molecule has 306 valence electrons. The second-order valence-electron chi connectivity index (χ2n) is 16.8. The van der Waals surface area contributed by atoms with Gasteiger partial charge in [0.2, 0.25) is 0 Å². The van der Waals surface area contributed by atoms with E-state index in [0.717, 1.165) is 77.7 Å². The molecule has 0 aliphatic rings. The number of unbranched alkanes of at least 4 members (excludes halogenated alkanes) is 6. The molecule has 8 heteroatoms. The minimum atomic E-state index is -2.44. The fraction of sp³-hybridized carbons (Fsp3) is 0.479. The number of nitrogens with one attached hydrogen (secondary N) is 2. The van der Waals surface area contributed by atoms with Gasteiger partial charge in [-0.05, 0) is 82.3 Å². The predicted molar refractivity (Wildman–Crippen MR) is 245 cm³/mol. The van der Waals surface area contributed by atoms with Crippen LogP contribution in [0.5, 0.6) is 0 Å². The smallest absolute Gasteiger partial charge is 0.314 e. The van der Waals surface area contributed by atoms with E-state index in [9.17, 15) is 4.79 Å². The van der Waals surface area contributed by atoms with Crippen molar-refractivity contribution in [3.63, 3.8) is 0 Å². The number of benzene rings is 4. The minimum Gasteiger partial charge on any atom is -0.407 e. The van der Waals surface area contributed by atoms with Gasteiger partial charge in [0.1, 0.15) is 0 Å². The van der Waals surface area contributed by atoms with E-state index in [2.05, 4.69) is 180 Å². The van der Waals surface area contributed by atoms with Crippen LogP contribution in [0.25, 0.3) is 0 Å². The average molecular weight is 796 g/mol. The Morgan fingerprint density at radius 1 is 0.500 bits per heavy atom. The fourth-order valence-electron chi connectivity index (χ4n) is 7.64. The number of carbonyl (C=O) groups excluding carboxylic acids is 1. The topological polar surface area (TPSA) is 85.6 Å². The molecule has 4 aromatic rings. The molecular formula is C48H73N3O3Si2. The Morgan fingerprint density at radius 3 is 1.12 bits per heavy atom. The van der Waals surface area contributed by atoms with Crippen molar-refractivity contribution in [2.75, 3.05) is 32.8 Å². The molecule has 0 aromatic heterocycles. The van der Waals surface area contributed by atoms with Crippen LogP contribution in [0.1, 0.15) is 106 Å². The molecule has 2 amide bonds. The summed E-state index contributed by atoms with van der Waals surface area (Å²) in [5.41, 5.74) is 5.62. The highest BCUT2D eigenvalue weighted by atomic mass is 28.4. The molecule has 0 unspecified atom stereocenters. The Hall–Kier alpha value is -3.54. The molecule has 0 saturated heterocycles. The summed E-state index contributed by atoms with van der Waals surface area (Å²) < 4.78 is 13.7. The molecule has 0 radical (unpaired) electrons. The maximum atomic E-state index is 11.8. The quantitative estimate of drug-likeness (QED) is 0.0581. The highest BCUT2D eigenvalue weighted by Crippen LogP contribution is 2.38. The van der Waals surface area contributed by atoms with Crippen molar-refractivity contribution in [2.24, 2.45) is 5.73 Å². The lowest BCUT2D eigenvalue weighted by Crippen LogP contribution is -2.66. The zero-order valence-electron chi connectivity index (χ0n) is 35.7. The summed E-state index contributed by atoms with van der Waals surface area (Å²) >= 11 is 0. The van der Waals surface area contributed by atoms with Crippen LogP contribution in [0.2, 0.25) is 10.1 Å². The first kappa shape index (κ1) is 46.8. The Morgan fingerprint density at radius 2 is 0.821 bits per heavy atom.